The van der Waals surface area contributed by atoms with Crippen LogP contribution in [-0.4, -0.2) is 23.1 Å². The van der Waals surface area contributed by atoms with Crippen molar-refractivity contribution in [3.05, 3.63) is 12.7 Å². The number of carbonyl (C=O) groups is 2. The fraction of sp³-hybridized carbons (Fsp3) is 0.875. The van der Waals surface area contributed by atoms with Crippen LogP contribution < -0.4 is 0 Å². The van der Waals surface area contributed by atoms with Crippen LogP contribution >= 0.6 is 0 Å². The molecule has 0 atom stereocenters. The summed E-state index contributed by atoms with van der Waals surface area (Å²) in [6.07, 6.45) is 21.3. The second-order valence-electron chi connectivity index (χ2n) is 12.6. The molecule has 0 radical (unpaired) electrons. The highest BCUT2D eigenvalue weighted by molar-refractivity contribution is 6.00. The van der Waals surface area contributed by atoms with Crippen molar-refractivity contribution in [3.63, 3.8) is 0 Å². The lowest BCUT2D eigenvalue weighted by molar-refractivity contribution is -0.187. The number of allylic oxidation sites excluding steroid dienone is 1. The molecule has 4 heteroatoms. The first-order valence-electron chi connectivity index (χ1n) is 15.0. The maximum absolute atomic E-state index is 13.6. The van der Waals surface area contributed by atoms with Crippen LogP contribution in [-0.2, 0) is 19.1 Å². The lowest BCUT2D eigenvalue weighted by Crippen LogP contribution is -2.46. The quantitative estimate of drug-likeness (QED) is 0.0670. The third-order valence-corrected chi connectivity index (χ3v) is 6.55. The summed E-state index contributed by atoms with van der Waals surface area (Å²) in [6, 6.07) is 0. The molecule has 0 aliphatic rings. The molecule has 0 saturated carbocycles. The highest BCUT2D eigenvalue weighted by Crippen LogP contribution is 2.38. The van der Waals surface area contributed by atoms with Gasteiger partial charge in [0.2, 0.25) is 0 Å². The van der Waals surface area contributed by atoms with Crippen LogP contribution in [0.5, 0.6) is 0 Å². The highest BCUT2D eigenvalue weighted by atomic mass is 16.6. The summed E-state index contributed by atoms with van der Waals surface area (Å²) in [5, 5.41) is 0. The normalized spacial score (nSPS) is 12.4. The number of hydrogen-bond donors (Lipinski definition) is 0. The first-order valence-corrected chi connectivity index (χ1v) is 15.0. The molecule has 0 aromatic rings. The molecule has 0 aliphatic carbocycles. The average Bonchev–Trinajstić information content (AvgIpc) is 2.75. The van der Waals surface area contributed by atoms with Gasteiger partial charge in [-0.15, -0.1) is 6.58 Å². The zero-order valence-corrected chi connectivity index (χ0v) is 25.1. The van der Waals surface area contributed by atoms with Crippen LogP contribution in [0.3, 0.4) is 0 Å². The molecule has 0 aromatic heterocycles. The van der Waals surface area contributed by atoms with Gasteiger partial charge in [-0.05, 0) is 67.2 Å². The molecule has 212 valence electrons. The summed E-state index contributed by atoms with van der Waals surface area (Å²) < 4.78 is 11.7. The van der Waals surface area contributed by atoms with E-state index in [1.54, 1.807) is 0 Å². The minimum absolute atomic E-state index is 0.408. The minimum atomic E-state index is -1.22. The van der Waals surface area contributed by atoms with Crippen molar-refractivity contribution in [2.75, 3.05) is 0 Å². The van der Waals surface area contributed by atoms with Crippen molar-refractivity contribution in [2.24, 2.45) is 5.41 Å². The fourth-order valence-electron chi connectivity index (χ4n) is 4.53. The van der Waals surface area contributed by atoms with E-state index in [2.05, 4.69) is 13.5 Å². The van der Waals surface area contributed by atoms with E-state index in [1.807, 2.05) is 47.6 Å². The van der Waals surface area contributed by atoms with Gasteiger partial charge in [0.1, 0.15) is 11.2 Å². The SMILES string of the molecule is C=CCCCCCCCCC(CCCCCCCCCCC)(C(=O)OC(C)(C)C)C(=O)OC(C)(C)C. The van der Waals surface area contributed by atoms with E-state index >= 15 is 0 Å². The molecule has 0 spiro atoms. The van der Waals surface area contributed by atoms with Crippen LogP contribution in [0, 0.1) is 5.41 Å². The van der Waals surface area contributed by atoms with E-state index in [1.165, 1.54) is 57.8 Å². The van der Waals surface area contributed by atoms with Crippen LogP contribution in [0.1, 0.15) is 164 Å². The molecule has 0 saturated heterocycles. The highest BCUT2D eigenvalue weighted by Gasteiger charge is 2.50. The predicted octanol–water partition coefficient (Wildman–Crippen LogP) is 9.88. The second kappa shape index (κ2) is 18.9. The number of hydrogen-bond acceptors (Lipinski definition) is 4. The first-order chi connectivity index (χ1) is 16.9. The Morgan fingerprint density at radius 1 is 0.583 bits per heavy atom. The van der Waals surface area contributed by atoms with Gasteiger partial charge in [-0.1, -0.05) is 103 Å². The molecule has 0 amide bonds. The molecule has 0 N–H and O–H groups in total. The van der Waals surface area contributed by atoms with E-state index in [9.17, 15) is 9.59 Å². The smallest absolute Gasteiger partial charge is 0.324 e. The second-order valence-corrected chi connectivity index (χ2v) is 12.6. The van der Waals surface area contributed by atoms with Gasteiger partial charge in [-0.3, -0.25) is 9.59 Å². The van der Waals surface area contributed by atoms with Gasteiger partial charge in [0.15, 0.2) is 5.41 Å². The van der Waals surface area contributed by atoms with E-state index in [-0.39, 0.29) is 0 Å². The molecule has 0 rings (SSSR count). The monoisotopic (exact) mass is 508 g/mol. The number of esters is 2. The van der Waals surface area contributed by atoms with Gasteiger partial charge in [0, 0.05) is 0 Å². The summed E-state index contributed by atoms with van der Waals surface area (Å²) in [5.74, 6) is -0.815. The van der Waals surface area contributed by atoms with Crippen molar-refractivity contribution in [1.29, 1.82) is 0 Å². The zero-order valence-electron chi connectivity index (χ0n) is 25.1. The maximum atomic E-state index is 13.6. The van der Waals surface area contributed by atoms with E-state index in [4.69, 9.17) is 9.47 Å². The Kier molecular flexibility index (Phi) is 18.2. The molecule has 0 heterocycles. The van der Waals surface area contributed by atoms with Crippen molar-refractivity contribution >= 4 is 11.9 Å². The molecule has 0 fully saturated rings. The van der Waals surface area contributed by atoms with Gasteiger partial charge in [-0.2, -0.15) is 0 Å². The van der Waals surface area contributed by atoms with E-state index < -0.39 is 28.6 Å². The Morgan fingerprint density at radius 3 is 1.25 bits per heavy atom. The largest absolute Gasteiger partial charge is 0.459 e. The Balaban J connectivity index is 5.24. The molecule has 0 aliphatic heterocycles. The topological polar surface area (TPSA) is 52.6 Å². The van der Waals surface area contributed by atoms with Gasteiger partial charge >= 0.3 is 11.9 Å². The molecule has 0 unspecified atom stereocenters. The van der Waals surface area contributed by atoms with Crippen LogP contribution in [0.15, 0.2) is 12.7 Å². The van der Waals surface area contributed by atoms with Crippen LogP contribution in [0.2, 0.25) is 0 Å². The predicted molar refractivity (Wildman–Crippen MR) is 153 cm³/mol. The zero-order chi connectivity index (χ0) is 27.5. The molecular formula is C32H60O4. The first kappa shape index (κ1) is 34.7. The molecular weight excluding hydrogens is 448 g/mol. The Bertz CT molecular complexity index is 566. The van der Waals surface area contributed by atoms with Gasteiger partial charge < -0.3 is 9.47 Å². The number of ether oxygens (including phenoxy) is 2. The minimum Gasteiger partial charge on any atom is -0.459 e. The summed E-state index contributed by atoms with van der Waals surface area (Å²) in [4.78, 5) is 27.2. The Hall–Kier alpha value is -1.32. The van der Waals surface area contributed by atoms with E-state index in [0.717, 1.165) is 44.9 Å². The molecule has 36 heavy (non-hydrogen) atoms. The summed E-state index contributed by atoms with van der Waals surface area (Å²) in [6.45, 7) is 17.2. The van der Waals surface area contributed by atoms with Crippen LogP contribution in [0.4, 0.5) is 0 Å². The van der Waals surface area contributed by atoms with Crippen molar-refractivity contribution < 1.29 is 19.1 Å². The van der Waals surface area contributed by atoms with E-state index in [0.29, 0.717) is 12.8 Å². The fourth-order valence-corrected chi connectivity index (χ4v) is 4.53. The number of unbranched alkanes of at least 4 members (excludes halogenated alkanes) is 14. The Morgan fingerprint density at radius 2 is 0.917 bits per heavy atom. The van der Waals surface area contributed by atoms with Gasteiger partial charge in [0.25, 0.3) is 0 Å². The summed E-state index contributed by atoms with van der Waals surface area (Å²) in [5.41, 5.74) is -2.51. The van der Waals surface area contributed by atoms with Crippen molar-refractivity contribution in [2.45, 2.75) is 175 Å². The van der Waals surface area contributed by atoms with Crippen molar-refractivity contribution in [3.8, 4) is 0 Å². The van der Waals surface area contributed by atoms with Gasteiger partial charge in [-0.25, -0.2) is 0 Å². The van der Waals surface area contributed by atoms with Crippen LogP contribution in [0.25, 0.3) is 0 Å². The Labute approximate surface area is 224 Å². The summed E-state index contributed by atoms with van der Waals surface area (Å²) >= 11 is 0. The maximum Gasteiger partial charge on any atom is 0.324 e. The number of rotatable bonds is 21. The molecule has 4 nitrogen and oxygen atoms in total. The molecule has 0 aromatic carbocycles. The lowest BCUT2D eigenvalue weighted by atomic mass is 9.77. The summed E-state index contributed by atoms with van der Waals surface area (Å²) in [7, 11) is 0. The third-order valence-electron chi connectivity index (χ3n) is 6.55. The average molecular weight is 509 g/mol. The standard InChI is InChI=1S/C32H60O4/c1-9-11-13-15-17-19-21-23-25-27-32(28(33)35-30(3,4)5,29(34)36-31(6,7)8)26-24-22-20-18-16-14-12-10-2/h10H,2,9,11-27H2,1,3-8H3. The van der Waals surface area contributed by atoms with Crippen molar-refractivity contribution in [1.82, 2.24) is 0 Å². The van der Waals surface area contributed by atoms with Gasteiger partial charge in [0.05, 0.1) is 0 Å². The lowest BCUT2D eigenvalue weighted by Gasteiger charge is -2.35. The molecule has 0 bridgehead atoms. The number of carbonyl (C=O) groups excluding carboxylic acids is 2. The third kappa shape index (κ3) is 17.2.